The number of hydrogen-bond acceptors (Lipinski definition) is 1. The fraction of sp³-hybridized carbons (Fsp3) is 0.875. The van der Waals surface area contributed by atoms with Gasteiger partial charge < -0.3 is 0 Å². The zero-order valence-corrected chi connectivity index (χ0v) is 5.93. The molecule has 0 saturated heterocycles. The minimum Gasteiger partial charge on any atom is -0.198 e. The van der Waals surface area contributed by atoms with E-state index in [4.69, 9.17) is 5.26 Å². The molecule has 1 fully saturated rings. The van der Waals surface area contributed by atoms with Crippen molar-refractivity contribution in [3.05, 3.63) is 0 Å². The first kappa shape index (κ1) is 6.61. The lowest BCUT2D eigenvalue weighted by atomic mass is 9.84. The van der Waals surface area contributed by atoms with Gasteiger partial charge in [-0.1, -0.05) is 6.92 Å². The van der Waals surface area contributed by atoms with Crippen molar-refractivity contribution in [3.8, 4) is 6.07 Å². The van der Waals surface area contributed by atoms with Crippen LogP contribution < -0.4 is 0 Å². The summed E-state index contributed by atoms with van der Waals surface area (Å²) in [6.07, 6.45) is 4.80. The molecule has 1 aliphatic carbocycles. The molecule has 1 heteroatoms. The van der Waals surface area contributed by atoms with Crippen LogP contribution in [0.15, 0.2) is 0 Å². The van der Waals surface area contributed by atoms with E-state index >= 15 is 0 Å². The molecule has 1 nitrogen and oxygen atoms in total. The molecule has 1 aliphatic rings. The Balaban J connectivity index is 2.28. The van der Waals surface area contributed by atoms with Crippen LogP contribution in [0.4, 0.5) is 0 Å². The Morgan fingerprint density at radius 1 is 1.22 bits per heavy atom. The molecule has 0 aliphatic heterocycles. The Morgan fingerprint density at radius 2 is 1.78 bits per heavy atom. The minimum absolute atomic E-state index is 0.376. The van der Waals surface area contributed by atoms with Gasteiger partial charge in [0.25, 0.3) is 0 Å². The minimum atomic E-state index is 0.376. The normalized spacial score (nSPS) is 35.6. The lowest BCUT2D eigenvalue weighted by Crippen LogP contribution is -2.09. The summed E-state index contributed by atoms with van der Waals surface area (Å²) in [6.45, 7) is 2.27. The lowest BCUT2D eigenvalue weighted by molar-refractivity contribution is 0.336. The van der Waals surface area contributed by atoms with Crippen molar-refractivity contribution < 1.29 is 0 Å². The largest absolute Gasteiger partial charge is 0.198 e. The second-order valence-electron chi connectivity index (χ2n) is 3.09. The summed E-state index contributed by atoms with van der Waals surface area (Å²) in [4.78, 5) is 0. The maximum absolute atomic E-state index is 8.53. The van der Waals surface area contributed by atoms with Crippen LogP contribution >= 0.6 is 0 Å². The standard InChI is InChI=1S/C8H13N/c1-7-2-4-8(6-9)5-3-7/h7-8H,2-5H2,1H3/t7-,8+. The van der Waals surface area contributed by atoms with Crippen molar-refractivity contribution in [3.63, 3.8) is 0 Å². The van der Waals surface area contributed by atoms with Gasteiger partial charge in [-0.05, 0) is 31.6 Å². The highest BCUT2D eigenvalue weighted by molar-refractivity contribution is 4.85. The van der Waals surface area contributed by atoms with Gasteiger partial charge in [0.1, 0.15) is 0 Å². The molecule has 0 spiro atoms. The second-order valence-corrected chi connectivity index (χ2v) is 3.09. The van der Waals surface area contributed by atoms with E-state index in [1.54, 1.807) is 0 Å². The maximum atomic E-state index is 8.53. The van der Waals surface area contributed by atoms with Crippen molar-refractivity contribution in [1.82, 2.24) is 0 Å². The predicted octanol–water partition coefficient (Wildman–Crippen LogP) is 2.34. The van der Waals surface area contributed by atoms with Crippen LogP contribution in [0, 0.1) is 23.2 Å². The summed E-state index contributed by atoms with van der Waals surface area (Å²) in [5, 5.41) is 8.53. The van der Waals surface area contributed by atoms with Crippen molar-refractivity contribution in [2.45, 2.75) is 32.6 Å². The Morgan fingerprint density at radius 3 is 2.22 bits per heavy atom. The van der Waals surface area contributed by atoms with Gasteiger partial charge in [-0.2, -0.15) is 5.26 Å². The average Bonchev–Trinajstić information content (AvgIpc) is 1.90. The first-order valence-electron chi connectivity index (χ1n) is 3.72. The van der Waals surface area contributed by atoms with Gasteiger partial charge in [0.2, 0.25) is 0 Å². The number of rotatable bonds is 0. The zero-order valence-electron chi connectivity index (χ0n) is 5.93. The van der Waals surface area contributed by atoms with Gasteiger partial charge in [-0.25, -0.2) is 0 Å². The summed E-state index contributed by atoms with van der Waals surface area (Å²) >= 11 is 0. The highest BCUT2D eigenvalue weighted by Crippen LogP contribution is 2.27. The third-order valence-corrected chi connectivity index (χ3v) is 2.20. The first-order valence-corrected chi connectivity index (χ1v) is 3.72. The summed E-state index contributed by atoms with van der Waals surface area (Å²) < 4.78 is 0. The van der Waals surface area contributed by atoms with Crippen molar-refractivity contribution >= 4 is 0 Å². The highest BCUT2D eigenvalue weighted by atomic mass is 14.3. The van der Waals surface area contributed by atoms with E-state index in [1.165, 1.54) is 12.8 Å². The van der Waals surface area contributed by atoms with Gasteiger partial charge in [0, 0.05) is 5.92 Å². The zero-order chi connectivity index (χ0) is 6.69. The van der Waals surface area contributed by atoms with Gasteiger partial charge in [-0.3, -0.25) is 0 Å². The Hall–Kier alpha value is -0.510. The van der Waals surface area contributed by atoms with Crippen molar-refractivity contribution in [2.24, 2.45) is 11.8 Å². The molecule has 0 aromatic heterocycles. The van der Waals surface area contributed by atoms with Gasteiger partial charge >= 0.3 is 0 Å². The van der Waals surface area contributed by atoms with Crippen molar-refractivity contribution in [2.75, 3.05) is 0 Å². The molecule has 50 valence electrons. The Bertz CT molecular complexity index is 115. The molecule has 1 rings (SSSR count). The van der Waals surface area contributed by atoms with Gasteiger partial charge in [0.05, 0.1) is 6.07 Å². The molecule has 0 heterocycles. The topological polar surface area (TPSA) is 23.8 Å². The fourth-order valence-electron chi connectivity index (χ4n) is 1.39. The van der Waals surface area contributed by atoms with Crippen LogP contribution in [0.3, 0.4) is 0 Å². The van der Waals surface area contributed by atoms with E-state index in [-0.39, 0.29) is 0 Å². The molecule has 9 heavy (non-hydrogen) atoms. The molecule has 0 amide bonds. The van der Waals surface area contributed by atoms with E-state index in [2.05, 4.69) is 13.0 Å². The van der Waals surface area contributed by atoms with E-state index in [0.29, 0.717) is 5.92 Å². The van der Waals surface area contributed by atoms with E-state index in [9.17, 15) is 0 Å². The Labute approximate surface area is 56.7 Å². The summed E-state index contributed by atoms with van der Waals surface area (Å²) in [6, 6.07) is 2.32. The molecule has 0 aromatic carbocycles. The number of hydrogen-bond donors (Lipinski definition) is 0. The summed E-state index contributed by atoms with van der Waals surface area (Å²) in [5.41, 5.74) is 0. The summed E-state index contributed by atoms with van der Waals surface area (Å²) in [7, 11) is 0. The average molecular weight is 123 g/mol. The molecule has 0 N–H and O–H groups in total. The smallest absolute Gasteiger partial charge is 0.0655 e. The van der Waals surface area contributed by atoms with E-state index < -0.39 is 0 Å². The molecule has 0 bridgehead atoms. The molecule has 1 saturated carbocycles. The number of nitriles is 1. The van der Waals surface area contributed by atoms with Crippen LogP contribution in [0.5, 0.6) is 0 Å². The first-order chi connectivity index (χ1) is 4.33. The predicted molar refractivity (Wildman–Crippen MR) is 36.7 cm³/mol. The fourth-order valence-corrected chi connectivity index (χ4v) is 1.39. The summed E-state index contributed by atoms with van der Waals surface area (Å²) in [5.74, 6) is 1.25. The number of nitrogens with zero attached hydrogens (tertiary/aromatic N) is 1. The van der Waals surface area contributed by atoms with E-state index in [0.717, 1.165) is 18.8 Å². The van der Waals surface area contributed by atoms with Crippen LogP contribution in [-0.4, -0.2) is 0 Å². The highest BCUT2D eigenvalue weighted by Gasteiger charge is 2.16. The molecule has 0 atom stereocenters. The van der Waals surface area contributed by atoms with Crippen molar-refractivity contribution in [1.29, 1.82) is 5.26 Å². The molecule has 0 aromatic rings. The molecule has 0 unspecified atom stereocenters. The third-order valence-electron chi connectivity index (χ3n) is 2.20. The lowest BCUT2D eigenvalue weighted by Gasteiger charge is -2.20. The van der Waals surface area contributed by atoms with Gasteiger partial charge in [-0.15, -0.1) is 0 Å². The third kappa shape index (κ3) is 1.71. The van der Waals surface area contributed by atoms with Crippen LogP contribution in [0.1, 0.15) is 32.6 Å². The maximum Gasteiger partial charge on any atom is 0.0655 e. The molecular formula is C8H13N. The van der Waals surface area contributed by atoms with Crippen LogP contribution in [-0.2, 0) is 0 Å². The SMILES string of the molecule is C[C@H]1CC[C@@H](C#N)CC1. The van der Waals surface area contributed by atoms with Crippen LogP contribution in [0.25, 0.3) is 0 Å². The Kier molecular flexibility index (Phi) is 2.10. The molecular weight excluding hydrogens is 110 g/mol. The second kappa shape index (κ2) is 2.87. The quantitative estimate of drug-likeness (QED) is 0.485. The van der Waals surface area contributed by atoms with Crippen LogP contribution in [0.2, 0.25) is 0 Å². The van der Waals surface area contributed by atoms with Gasteiger partial charge in [0.15, 0.2) is 0 Å². The van der Waals surface area contributed by atoms with E-state index in [1.807, 2.05) is 0 Å². The monoisotopic (exact) mass is 123 g/mol. The molecule has 0 radical (unpaired) electrons.